The number of carbonyl (C=O) groups excluding carboxylic acids is 1. The molecule has 0 spiro atoms. The summed E-state index contributed by atoms with van der Waals surface area (Å²) in [6.45, 7) is 7.61. The number of amides is 1. The van der Waals surface area contributed by atoms with Crippen LogP contribution in [0.1, 0.15) is 23.6 Å². The maximum absolute atomic E-state index is 13.2. The van der Waals surface area contributed by atoms with Crippen LogP contribution in [0.3, 0.4) is 0 Å². The Kier molecular flexibility index (Phi) is 6.63. The van der Waals surface area contributed by atoms with E-state index in [2.05, 4.69) is 16.9 Å². The van der Waals surface area contributed by atoms with E-state index in [1.54, 1.807) is 24.4 Å². The number of ether oxygens (including phenoxy) is 1. The summed E-state index contributed by atoms with van der Waals surface area (Å²) in [5.74, 6) is -0.103. The molecule has 31 heavy (non-hydrogen) atoms. The summed E-state index contributed by atoms with van der Waals surface area (Å²) in [6.07, 6.45) is 5.17. The number of pyridine rings is 1. The molecule has 0 atom stereocenters. The molecule has 0 radical (unpaired) electrons. The lowest BCUT2D eigenvalue weighted by atomic mass is 10.1. The number of carbonyl (C=O) groups is 1. The standard InChI is InChI=1S/C24H22N4O3/c1-4-12-26-22(29)18(15-25)14-20-23(31-19-10-8-17(5-2)9-11-19)27-21-16(3)7-6-13-28(21)24(20)30/h4,6-11,13-14H,1,5,12H2,2-3H3,(H,26,29). The Morgan fingerprint density at radius 3 is 2.71 bits per heavy atom. The number of aromatic nitrogens is 2. The molecule has 7 nitrogen and oxygen atoms in total. The zero-order valence-electron chi connectivity index (χ0n) is 17.4. The molecule has 0 saturated carbocycles. The van der Waals surface area contributed by atoms with Crippen LogP contribution in [0.4, 0.5) is 0 Å². The van der Waals surface area contributed by atoms with E-state index in [4.69, 9.17) is 4.74 Å². The fraction of sp³-hybridized carbons (Fsp3) is 0.167. The van der Waals surface area contributed by atoms with E-state index in [0.29, 0.717) is 11.4 Å². The van der Waals surface area contributed by atoms with Gasteiger partial charge >= 0.3 is 0 Å². The van der Waals surface area contributed by atoms with E-state index in [1.165, 1.54) is 16.6 Å². The fourth-order valence-electron chi connectivity index (χ4n) is 2.95. The van der Waals surface area contributed by atoms with Gasteiger partial charge in [-0.05, 0) is 48.7 Å². The monoisotopic (exact) mass is 414 g/mol. The quantitative estimate of drug-likeness (QED) is 0.362. The highest BCUT2D eigenvalue weighted by Gasteiger charge is 2.17. The van der Waals surface area contributed by atoms with Crippen molar-refractivity contribution < 1.29 is 9.53 Å². The molecule has 0 fully saturated rings. The second-order valence-corrected chi connectivity index (χ2v) is 6.79. The number of fused-ring (bicyclic) bond motifs is 1. The fourth-order valence-corrected chi connectivity index (χ4v) is 2.95. The Hall–Kier alpha value is -4.18. The van der Waals surface area contributed by atoms with Gasteiger partial charge in [0.05, 0.1) is 0 Å². The van der Waals surface area contributed by atoms with Crippen LogP contribution in [0.25, 0.3) is 11.7 Å². The van der Waals surface area contributed by atoms with Gasteiger partial charge in [-0.15, -0.1) is 6.58 Å². The van der Waals surface area contributed by atoms with Crippen molar-refractivity contribution >= 4 is 17.6 Å². The summed E-state index contributed by atoms with van der Waals surface area (Å²) in [6, 6.07) is 12.8. The number of nitriles is 1. The summed E-state index contributed by atoms with van der Waals surface area (Å²) >= 11 is 0. The molecule has 0 aliphatic heterocycles. The van der Waals surface area contributed by atoms with Gasteiger partial charge in [-0.25, -0.2) is 0 Å². The normalized spacial score (nSPS) is 11.1. The first-order chi connectivity index (χ1) is 15.0. The first-order valence-corrected chi connectivity index (χ1v) is 9.78. The Morgan fingerprint density at radius 1 is 1.32 bits per heavy atom. The van der Waals surface area contributed by atoms with E-state index in [1.807, 2.05) is 38.1 Å². The Labute approximate surface area is 179 Å². The van der Waals surface area contributed by atoms with E-state index >= 15 is 0 Å². The minimum atomic E-state index is -0.616. The summed E-state index contributed by atoms with van der Waals surface area (Å²) in [4.78, 5) is 30.0. The Bertz CT molecular complexity index is 1260. The molecule has 2 aromatic heterocycles. The van der Waals surface area contributed by atoms with Gasteiger partial charge in [0.2, 0.25) is 5.88 Å². The van der Waals surface area contributed by atoms with Gasteiger partial charge in [-0.3, -0.25) is 14.0 Å². The molecule has 1 amide bonds. The lowest BCUT2D eigenvalue weighted by Crippen LogP contribution is -2.25. The van der Waals surface area contributed by atoms with Crippen LogP contribution in [0, 0.1) is 18.3 Å². The molecule has 3 rings (SSSR count). The van der Waals surface area contributed by atoms with Crippen LogP contribution >= 0.6 is 0 Å². The summed E-state index contributed by atoms with van der Waals surface area (Å²) < 4.78 is 7.30. The topological polar surface area (TPSA) is 96.5 Å². The highest BCUT2D eigenvalue weighted by Crippen LogP contribution is 2.25. The van der Waals surface area contributed by atoms with Gasteiger partial charge in [-0.1, -0.05) is 31.2 Å². The highest BCUT2D eigenvalue weighted by molar-refractivity contribution is 6.02. The second kappa shape index (κ2) is 9.55. The molecule has 156 valence electrons. The average molecular weight is 414 g/mol. The average Bonchev–Trinajstić information content (AvgIpc) is 2.78. The third kappa shape index (κ3) is 4.70. The molecule has 0 saturated heterocycles. The van der Waals surface area contributed by atoms with E-state index in [0.717, 1.165) is 17.5 Å². The van der Waals surface area contributed by atoms with Crippen molar-refractivity contribution in [1.82, 2.24) is 14.7 Å². The molecule has 1 N–H and O–H groups in total. The smallest absolute Gasteiger partial charge is 0.269 e. The lowest BCUT2D eigenvalue weighted by Gasteiger charge is -2.12. The number of nitrogens with zero attached hydrogens (tertiary/aromatic N) is 3. The summed E-state index contributed by atoms with van der Waals surface area (Å²) in [5.41, 5.74) is 1.68. The zero-order valence-corrected chi connectivity index (χ0v) is 17.4. The van der Waals surface area contributed by atoms with Crippen LogP contribution in [0.15, 0.2) is 65.6 Å². The van der Waals surface area contributed by atoms with Crippen molar-refractivity contribution in [2.75, 3.05) is 6.54 Å². The molecule has 2 heterocycles. The summed E-state index contributed by atoms with van der Waals surface area (Å²) in [7, 11) is 0. The number of aryl methyl sites for hydroxylation is 2. The van der Waals surface area contributed by atoms with Crippen LogP contribution < -0.4 is 15.6 Å². The summed E-state index contributed by atoms with van der Waals surface area (Å²) in [5, 5.41) is 12.0. The third-order valence-corrected chi connectivity index (χ3v) is 4.66. The molecule has 1 aromatic carbocycles. The zero-order chi connectivity index (χ0) is 22.4. The maximum Gasteiger partial charge on any atom is 0.269 e. The van der Waals surface area contributed by atoms with E-state index in [9.17, 15) is 14.9 Å². The van der Waals surface area contributed by atoms with Crippen LogP contribution in [-0.2, 0) is 11.2 Å². The first-order valence-electron chi connectivity index (χ1n) is 9.78. The van der Waals surface area contributed by atoms with Crippen LogP contribution in [-0.4, -0.2) is 21.8 Å². The minimum Gasteiger partial charge on any atom is -0.438 e. The predicted octanol–water partition coefficient (Wildman–Crippen LogP) is 3.57. The molecular weight excluding hydrogens is 392 g/mol. The number of nitrogens with one attached hydrogen (secondary N) is 1. The van der Waals surface area contributed by atoms with E-state index < -0.39 is 11.5 Å². The van der Waals surface area contributed by atoms with Crippen molar-refractivity contribution in [2.45, 2.75) is 20.3 Å². The van der Waals surface area contributed by atoms with Gasteiger partial charge in [0.1, 0.15) is 28.6 Å². The van der Waals surface area contributed by atoms with Crippen molar-refractivity contribution in [3.05, 3.63) is 87.9 Å². The number of rotatable bonds is 7. The SMILES string of the molecule is C=CCNC(=O)C(C#N)=Cc1c(Oc2ccc(CC)cc2)nc2c(C)cccn2c1=O. The molecule has 3 aromatic rings. The minimum absolute atomic E-state index is 0.00738. The Morgan fingerprint density at radius 2 is 2.06 bits per heavy atom. The van der Waals surface area contributed by atoms with Gasteiger partial charge in [0.25, 0.3) is 11.5 Å². The molecular formula is C24H22N4O3. The van der Waals surface area contributed by atoms with Gasteiger partial charge in [0.15, 0.2) is 0 Å². The molecule has 0 aliphatic carbocycles. The maximum atomic E-state index is 13.2. The van der Waals surface area contributed by atoms with Gasteiger partial charge in [0, 0.05) is 12.7 Å². The van der Waals surface area contributed by atoms with Crippen molar-refractivity contribution in [3.63, 3.8) is 0 Å². The first kappa shape index (κ1) is 21.5. The molecule has 0 bridgehead atoms. The lowest BCUT2D eigenvalue weighted by molar-refractivity contribution is -0.116. The number of hydrogen-bond acceptors (Lipinski definition) is 5. The Balaban J connectivity index is 2.18. The third-order valence-electron chi connectivity index (χ3n) is 4.66. The largest absolute Gasteiger partial charge is 0.438 e. The molecule has 7 heteroatoms. The van der Waals surface area contributed by atoms with Gasteiger partial charge in [-0.2, -0.15) is 10.2 Å². The van der Waals surface area contributed by atoms with Crippen molar-refractivity contribution in [1.29, 1.82) is 5.26 Å². The number of hydrogen-bond donors (Lipinski definition) is 1. The molecule has 0 unspecified atom stereocenters. The predicted molar refractivity (Wildman–Crippen MR) is 119 cm³/mol. The number of benzene rings is 1. The molecule has 0 aliphatic rings. The van der Waals surface area contributed by atoms with Gasteiger partial charge < -0.3 is 10.1 Å². The van der Waals surface area contributed by atoms with Crippen LogP contribution in [0.2, 0.25) is 0 Å². The van der Waals surface area contributed by atoms with Crippen molar-refractivity contribution in [2.24, 2.45) is 0 Å². The van der Waals surface area contributed by atoms with Crippen molar-refractivity contribution in [3.8, 4) is 17.7 Å². The van der Waals surface area contributed by atoms with E-state index in [-0.39, 0.29) is 23.6 Å². The highest BCUT2D eigenvalue weighted by atomic mass is 16.5. The second-order valence-electron chi connectivity index (χ2n) is 6.79. The van der Waals surface area contributed by atoms with Crippen LogP contribution in [0.5, 0.6) is 11.6 Å².